The predicted molar refractivity (Wildman–Crippen MR) is 237 cm³/mol. The van der Waals surface area contributed by atoms with E-state index in [0.717, 1.165) is 34.0 Å². The Morgan fingerprint density at radius 3 is 1.24 bits per heavy atom. The molecular formula is C47H66N4O15. The second-order valence-electron chi connectivity index (χ2n) is 19.4. The number of aliphatic hydroxyl groups excluding tert-OH is 6. The number of aromatic amines is 2. The molecule has 10 atom stereocenters. The Morgan fingerprint density at radius 2 is 0.924 bits per heavy atom. The highest BCUT2D eigenvalue weighted by Crippen LogP contribution is 2.36. The fourth-order valence-electron chi connectivity index (χ4n) is 7.65. The number of hydrogen-bond acceptors (Lipinski definition) is 17. The van der Waals surface area contributed by atoms with Gasteiger partial charge in [-0.3, -0.25) is 10.2 Å². The Morgan fingerprint density at radius 1 is 0.576 bits per heavy atom. The number of rotatable bonds is 16. The molecule has 2 saturated heterocycles. The lowest BCUT2D eigenvalue weighted by atomic mass is 9.87. The summed E-state index contributed by atoms with van der Waals surface area (Å²) >= 11 is 0. The van der Waals surface area contributed by atoms with Gasteiger partial charge in [0.1, 0.15) is 73.5 Å². The van der Waals surface area contributed by atoms with Gasteiger partial charge < -0.3 is 68.5 Å². The van der Waals surface area contributed by atoms with E-state index in [2.05, 4.69) is 20.4 Å². The monoisotopic (exact) mass is 926 g/mol. The number of nitrogens with zero attached hydrogens (tertiary/aromatic N) is 2. The number of nitrogens with one attached hydrogen (secondary N) is 2. The molecule has 2 aliphatic rings. The van der Waals surface area contributed by atoms with Crippen molar-refractivity contribution in [2.75, 3.05) is 13.2 Å². The lowest BCUT2D eigenvalue weighted by Gasteiger charge is -2.40. The zero-order valence-corrected chi connectivity index (χ0v) is 39.1. The number of ether oxygens (including phenoxy) is 8. The van der Waals surface area contributed by atoms with E-state index in [0.29, 0.717) is 24.0 Å². The fourth-order valence-corrected chi connectivity index (χ4v) is 7.65. The molecule has 0 aliphatic carbocycles. The summed E-state index contributed by atoms with van der Waals surface area (Å²) in [6.45, 7) is 18.4. The minimum Gasteiger partial charge on any atom is -0.491 e. The van der Waals surface area contributed by atoms with Gasteiger partial charge in [0.05, 0.1) is 12.2 Å². The van der Waals surface area contributed by atoms with E-state index >= 15 is 0 Å². The van der Waals surface area contributed by atoms with Crippen LogP contribution in [-0.2, 0) is 42.6 Å². The van der Waals surface area contributed by atoms with E-state index in [1.165, 1.54) is 0 Å². The summed E-state index contributed by atoms with van der Waals surface area (Å²) in [6.07, 6.45) is -16.9. The summed E-state index contributed by atoms with van der Waals surface area (Å²) in [4.78, 5) is 12.9. The van der Waals surface area contributed by atoms with Crippen molar-refractivity contribution in [3.8, 4) is 23.3 Å². The normalized spacial score (nSPS) is 26.0. The predicted octanol–water partition coefficient (Wildman–Crippen LogP) is 3.71. The van der Waals surface area contributed by atoms with Gasteiger partial charge in [0.15, 0.2) is 0 Å². The number of carbonyl (C=O) groups excluding carboxylic acids is 1. The third kappa shape index (κ3) is 12.3. The summed E-state index contributed by atoms with van der Waals surface area (Å²) in [5.74, 6) is 1.62. The average Bonchev–Trinajstić information content (AvgIpc) is 3.84. The maximum absolute atomic E-state index is 12.9. The van der Waals surface area contributed by atoms with E-state index in [4.69, 9.17) is 37.9 Å². The highest BCUT2D eigenvalue weighted by molar-refractivity contribution is 5.59. The van der Waals surface area contributed by atoms with Gasteiger partial charge in [-0.25, -0.2) is 4.79 Å². The van der Waals surface area contributed by atoms with Gasteiger partial charge in [-0.1, -0.05) is 65.8 Å². The topological polar surface area (TPSA) is 270 Å². The number of aromatic nitrogens is 4. The van der Waals surface area contributed by atoms with Gasteiger partial charge in [-0.2, -0.15) is 0 Å². The zero-order valence-electron chi connectivity index (χ0n) is 39.1. The molecule has 6 rings (SSSR count). The van der Waals surface area contributed by atoms with Crippen molar-refractivity contribution in [3.05, 3.63) is 82.2 Å². The Bertz CT molecular complexity index is 2030. The van der Waals surface area contributed by atoms with Crippen molar-refractivity contribution >= 4 is 6.16 Å². The van der Waals surface area contributed by atoms with E-state index in [1.807, 2.05) is 118 Å². The molecule has 0 amide bonds. The zero-order chi connectivity index (χ0) is 48.2. The molecule has 2 aliphatic heterocycles. The van der Waals surface area contributed by atoms with Gasteiger partial charge in [0.2, 0.25) is 24.3 Å². The number of carbonyl (C=O) groups is 1. The molecule has 364 valence electrons. The van der Waals surface area contributed by atoms with Crippen molar-refractivity contribution in [1.82, 2.24) is 20.4 Å². The highest BCUT2D eigenvalue weighted by Gasteiger charge is 2.48. The highest BCUT2D eigenvalue weighted by atomic mass is 16.8. The number of hydrogen-bond donors (Lipinski definition) is 8. The molecule has 4 heterocycles. The largest absolute Gasteiger partial charge is 0.508 e. The minimum atomic E-state index is -1.78. The van der Waals surface area contributed by atoms with Crippen LogP contribution in [0.15, 0.2) is 48.5 Å². The van der Waals surface area contributed by atoms with Gasteiger partial charge in [-0.05, 0) is 63.1 Å². The first-order chi connectivity index (χ1) is 31.0. The third-order valence-corrected chi connectivity index (χ3v) is 11.0. The molecule has 4 aromatic rings. The average molecular weight is 927 g/mol. The van der Waals surface area contributed by atoms with Crippen LogP contribution < -0.4 is 18.9 Å². The molecule has 66 heavy (non-hydrogen) atoms. The number of H-pyrrole nitrogens is 2. The van der Waals surface area contributed by atoms with Crippen LogP contribution in [0.1, 0.15) is 103 Å². The van der Waals surface area contributed by atoms with Crippen molar-refractivity contribution in [3.63, 3.8) is 0 Å². The van der Waals surface area contributed by atoms with Gasteiger partial charge >= 0.3 is 6.16 Å². The van der Waals surface area contributed by atoms with Crippen LogP contribution in [0.3, 0.4) is 0 Å². The quantitative estimate of drug-likeness (QED) is 0.0744. The molecule has 0 bridgehead atoms. The van der Waals surface area contributed by atoms with E-state index in [-0.39, 0.29) is 24.0 Å². The SMILES string of the molecule is CC(C)Oc1ccc(Cc2c(O[C@@H]3O[C@H](COC(=O)OC[C@H]4O[C@@H](Oc5n[nH]c(C(C)(C)C)c5Cc5ccc(OC(C)C)cc5)[C@H](O)[C@@H](O)[C@@H]4O)[C@@H](O)[C@H](O)[C@H]3O)n[nH]c2C(C)(C)C)cc1. The third-order valence-electron chi connectivity index (χ3n) is 11.0. The standard InChI is InChI=1S/C47H66N4O15/c1-23(2)61-27-15-11-25(12-16-27)19-29-39(46(5,6)7)48-50-41(29)65-43-37(56)35(54)33(52)31(63-43)21-59-45(58)60-22-32-34(53)36(55)38(57)44(64-32)66-42-30(40(49-51-42)47(8,9)10)20-26-13-17-28(18-14-26)62-24(3)4/h11-18,23-24,31-38,43-44,52-57H,19-22H2,1-10H3,(H,48,50)(H,49,51)/t31-,32-,33-,34-,35+,36+,37-,38-,43+,44+/m1/s1. The van der Waals surface area contributed by atoms with Crippen molar-refractivity contribution < 1.29 is 73.3 Å². The molecule has 0 unspecified atom stereocenters. The van der Waals surface area contributed by atoms with Gasteiger partial charge in [0, 0.05) is 46.2 Å². The lowest BCUT2D eigenvalue weighted by molar-refractivity contribution is -0.281. The first kappa shape index (κ1) is 50.4. The summed E-state index contributed by atoms with van der Waals surface area (Å²) in [7, 11) is 0. The summed E-state index contributed by atoms with van der Waals surface area (Å²) < 4.78 is 45.8. The summed E-state index contributed by atoms with van der Waals surface area (Å²) in [5.41, 5.74) is 3.90. The molecule has 2 aromatic heterocycles. The Hall–Kier alpha value is -4.99. The van der Waals surface area contributed by atoms with Crippen LogP contribution in [0.25, 0.3) is 0 Å². The summed E-state index contributed by atoms with van der Waals surface area (Å²) in [5, 5.41) is 79.9. The first-order valence-electron chi connectivity index (χ1n) is 22.2. The van der Waals surface area contributed by atoms with Crippen molar-refractivity contribution in [1.29, 1.82) is 0 Å². The molecule has 8 N–H and O–H groups in total. The Balaban J connectivity index is 1.08. The van der Waals surface area contributed by atoms with E-state index < -0.39 is 91.6 Å². The lowest BCUT2D eigenvalue weighted by Crippen LogP contribution is -2.60. The van der Waals surface area contributed by atoms with E-state index in [9.17, 15) is 35.4 Å². The molecule has 19 nitrogen and oxygen atoms in total. The van der Waals surface area contributed by atoms with Crippen LogP contribution in [0.5, 0.6) is 23.3 Å². The second-order valence-corrected chi connectivity index (χ2v) is 19.4. The molecule has 2 fully saturated rings. The van der Waals surface area contributed by atoms with Crippen LogP contribution in [-0.4, -0.2) is 144 Å². The van der Waals surface area contributed by atoms with Crippen LogP contribution >= 0.6 is 0 Å². The molecule has 19 heteroatoms. The molecule has 0 spiro atoms. The minimum absolute atomic E-state index is 0.00977. The number of aliphatic hydroxyl groups is 6. The van der Waals surface area contributed by atoms with Crippen LogP contribution in [0.4, 0.5) is 4.79 Å². The first-order valence-corrected chi connectivity index (χ1v) is 22.2. The van der Waals surface area contributed by atoms with Crippen molar-refractivity contribution in [2.24, 2.45) is 0 Å². The Labute approximate surface area is 384 Å². The molecular weight excluding hydrogens is 861 g/mol. The van der Waals surface area contributed by atoms with Gasteiger partial charge in [0.25, 0.3) is 0 Å². The maximum Gasteiger partial charge on any atom is 0.508 e. The fraction of sp³-hybridized carbons (Fsp3) is 0.596. The van der Waals surface area contributed by atoms with Crippen LogP contribution in [0.2, 0.25) is 0 Å². The van der Waals surface area contributed by atoms with Crippen LogP contribution in [0, 0.1) is 0 Å². The molecule has 2 aromatic carbocycles. The molecule has 0 radical (unpaired) electrons. The smallest absolute Gasteiger partial charge is 0.491 e. The molecule has 0 saturated carbocycles. The number of benzene rings is 2. The Kier molecular flexibility index (Phi) is 16.0. The van der Waals surface area contributed by atoms with Gasteiger partial charge in [-0.15, -0.1) is 10.2 Å². The second kappa shape index (κ2) is 20.9. The summed E-state index contributed by atoms with van der Waals surface area (Å²) in [6, 6.07) is 15.1. The van der Waals surface area contributed by atoms with E-state index in [1.54, 1.807) is 0 Å². The maximum atomic E-state index is 12.9. The van der Waals surface area contributed by atoms with Crippen molar-refractivity contribution in [2.45, 2.75) is 167 Å².